The van der Waals surface area contributed by atoms with Crippen molar-refractivity contribution in [1.82, 2.24) is 0 Å². The number of hydrogen-bond donors (Lipinski definition) is 0. The Balaban J connectivity index is 2.79. The molecule has 1 aromatic carbocycles. The van der Waals surface area contributed by atoms with Crippen LogP contribution in [0.5, 0.6) is 0 Å². The number of rotatable bonds is 3. The van der Waals surface area contributed by atoms with Crippen LogP contribution in [0.25, 0.3) is 11.0 Å². The molecule has 0 amide bonds. The lowest BCUT2D eigenvalue weighted by Gasteiger charge is -2.16. The Morgan fingerprint density at radius 3 is 2.37 bits per heavy atom. The Morgan fingerprint density at radius 1 is 1.11 bits per heavy atom. The summed E-state index contributed by atoms with van der Waals surface area (Å²) in [5.74, 6) is 0.843. The van der Waals surface area contributed by atoms with Gasteiger partial charge in [0.1, 0.15) is 5.58 Å². The molecule has 102 valence electrons. The van der Waals surface area contributed by atoms with E-state index in [0.29, 0.717) is 17.4 Å². The molecule has 0 saturated heterocycles. The standard InChI is InChI=1S/C17H22O2/c1-6-11(4)14-8-15-13(10(2)3)9-17(18)19-16(15)7-12(14)5/h7-11H,6H2,1-5H3. The van der Waals surface area contributed by atoms with Crippen LogP contribution >= 0.6 is 0 Å². The lowest BCUT2D eigenvalue weighted by Crippen LogP contribution is -2.04. The second-order valence-corrected chi connectivity index (χ2v) is 5.69. The van der Waals surface area contributed by atoms with Gasteiger partial charge in [0.15, 0.2) is 0 Å². The van der Waals surface area contributed by atoms with Crippen molar-refractivity contribution in [2.45, 2.75) is 52.9 Å². The molecule has 2 aromatic rings. The van der Waals surface area contributed by atoms with Crippen LogP contribution in [0.4, 0.5) is 0 Å². The monoisotopic (exact) mass is 258 g/mol. The highest BCUT2D eigenvalue weighted by molar-refractivity contribution is 5.82. The van der Waals surface area contributed by atoms with Gasteiger partial charge in [-0.15, -0.1) is 0 Å². The van der Waals surface area contributed by atoms with E-state index >= 15 is 0 Å². The van der Waals surface area contributed by atoms with Crippen molar-refractivity contribution in [2.24, 2.45) is 0 Å². The topological polar surface area (TPSA) is 30.2 Å². The van der Waals surface area contributed by atoms with Crippen molar-refractivity contribution in [1.29, 1.82) is 0 Å². The van der Waals surface area contributed by atoms with Crippen molar-refractivity contribution >= 4 is 11.0 Å². The summed E-state index contributed by atoms with van der Waals surface area (Å²) in [5.41, 5.74) is 4.08. The maximum Gasteiger partial charge on any atom is 0.336 e. The van der Waals surface area contributed by atoms with E-state index in [-0.39, 0.29) is 5.63 Å². The van der Waals surface area contributed by atoms with Gasteiger partial charge in [-0.2, -0.15) is 0 Å². The quantitative estimate of drug-likeness (QED) is 0.744. The van der Waals surface area contributed by atoms with E-state index in [1.54, 1.807) is 6.07 Å². The predicted molar refractivity (Wildman–Crippen MR) is 80.0 cm³/mol. The average molecular weight is 258 g/mol. The van der Waals surface area contributed by atoms with Crippen LogP contribution in [0.2, 0.25) is 0 Å². The van der Waals surface area contributed by atoms with Gasteiger partial charge in [-0.1, -0.05) is 27.7 Å². The normalized spacial score (nSPS) is 13.2. The molecular formula is C17H22O2. The molecule has 0 bridgehead atoms. The van der Waals surface area contributed by atoms with Crippen LogP contribution in [0, 0.1) is 6.92 Å². The Hall–Kier alpha value is -1.57. The first-order valence-corrected chi connectivity index (χ1v) is 7.02. The Bertz CT molecular complexity index is 650. The summed E-state index contributed by atoms with van der Waals surface area (Å²) in [6.45, 7) is 10.7. The van der Waals surface area contributed by atoms with Gasteiger partial charge in [0, 0.05) is 11.5 Å². The molecule has 2 heteroatoms. The molecule has 2 nitrogen and oxygen atoms in total. The molecule has 0 saturated carbocycles. The highest BCUT2D eigenvalue weighted by atomic mass is 16.4. The molecule has 1 atom stereocenters. The van der Waals surface area contributed by atoms with Crippen LogP contribution in [0.15, 0.2) is 27.4 Å². The minimum Gasteiger partial charge on any atom is -0.423 e. The second kappa shape index (κ2) is 5.20. The summed E-state index contributed by atoms with van der Waals surface area (Å²) < 4.78 is 5.35. The Morgan fingerprint density at radius 2 is 1.79 bits per heavy atom. The summed E-state index contributed by atoms with van der Waals surface area (Å²) in [6, 6.07) is 5.84. The van der Waals surface area contributed by atoms with Crippen LogP contribution < -0.4 is 5.63 Å². The molecule has 1 aromatic heterocycles. The van der Waals surface area contributed by atoms with E-state index in [4.69, 9.17) is 4.42 Å². The van der Waals surface area contributed by atoms with Crippen molar-refractivity contribution in [2.75, 3.05) is 0 Å². The number of fused-ring (bicyclic) bond motifs is 1. The molecule has 2 rings (SSSR count). The molecule has 0 N–H and O–H groups in total. The van der Waals surface area contributed by atoms with Gasteiger partial charge >= 0.3 is 5.63 Å². The number of hydrogen-bond acceptors (Lipinski definition) is 2. The molecule has 1 heterocycles. The average Bonchev–Trinajstić information content (AvgIpc) is 2.35. The van der Waals surface area contributed by atoms with Gasteiger partial charge in [-0.25, -0.2) is 4.79 Å². The molecule has 0 fully saturated rings. The van der Waals surface area contributed by atoms with Crippen LogP contribution in [-0.2, 0) is 0 Å². The molecule has 0 spiro atoms. The van der Waals surface area contributed by atoms with Crippen molar-refractivity contribution < 1.29 is 4.42 Å². The van der Waals surface area contributed by atoms with Crippen LogP contribution in [0.1, 0.15) is 62.6 Å². The largest absolute Gasteiger partial charge is 0.423 e. The number of aryl methyl sites for hydroxylation is 1. The highest BCUT2D eigenvalue weighted by Crippen LogP contribution is 2.30. The molecule has 1 unspecified atom stereocenters. The van der Waals surface area contributed by atoms with E-state index in [0.717, 1.165) is 17.4 Å². The van der Waals surface area contributed by atoms with E-state index in [9.17, 15) is 4.79 Å². The minimum atomic E-state index is -0.258. The summed E-state index contributed by atoms with van der Waals surface area (Å²) in [5, 5.41) is 1.08. The van der Waals surface area contributed by atoms with E-state index in [2.05, 4.69) is 40.7 Å². The first kappa shape index (κ1) is 13.9. The summed E-state index contributed by atoms with van der Waals surface area (Å²) in [6.07, 6.45) is 1.11. The third kappa shape index (κ3) is 2.58. The zero-order valence-electron chi connectivity index (χ0n) is 12.4. The van der Waals surface area contributed by atoms with Crippen LogP contribution in [-0.4, -0.2) is 0 Å². The molecule has 0 aliphatic carbocycles. The molecule has 0 aliphatic heterocycles. The first-order chi connectivity index (χ1) is 8.93. The highest BCUT2D eigenvalue weighted by Gasteiger charge is 2.13. The summed E-state index contributed by atoms with van der Waals surface area (Å²) in [7, 11) is 0. The van der Waals surface area contributed by atoms with Gasteiger partial charge in [-0.3, -0.25) is 0 Å². The van der Waals surface area contributed by atoms with Gasteiger partial charge in [-0.05, 0) is 54.0 Å². The second-order valence-electron chi connectivity index (χ2n) is 5.69. The predicted octanol–water partition coefficient (Wildman–Crippen LogP) is 4.74. The number of benzene rings is 1. The van der Waals surface area contributed by atoms with Gasteiger partial charge < -0.3 is 4.42 Å². The fourth-order valence-corrected chi connectivity index (χ4v) is 2.58. The lowest BCUT2D eigenvalue weighted by molar-refractivity contribution is 0.556. The van der Waals surface area contributed by atoms with Crippen molar-refractivity contribution in [3.8, 4) is 0 Å². The summed E-state index contributed by atoms with van der Waals surface area (Å²) >= 11 is 0. The SMILES string of the molecule is CCC(C)c1cc2c(C(C)C)cc(=O)oc2cc1C. The fourth-order valence-electron chi connectivity index (χ4n) is 2.58. The zero-order chi connectivity index (χ0) is 14.2. The van der Waals surface area contributed by atoms with Crippen molar-refractivity contribution in [3.05, 3.63) is 45.3 Å². The van der Waals surface area contributed by atoms with Gasteiger partial charge in [0.25, 0.3) is 0 Å². The molecular weight excluding hydrogens is 236 g/mol. The molecule has 0 aliphatic rings. The first-order valence-electron chi connectivity index (χ1n) is 7.02. The maximum absolute atomic E-state index is 11.6. The van der Waals surface area contributed by atoms with Crippen molar-refractivity contribution in [3.63, 3.8) is 0 Å². The third-order valence-electron chi connectivity index (χ3n) is 3.93. The van der Waals surface area contributed by atoms with Crippen LogP contribution in [0.3, 0.4) is 0 Å². The smallest absolute Gasteiger partial charge is 0.336 e. The maximum atomic E-state index is 11.6. The molecule has 0 radical (unpaired) electrons. The van der Waals surface area contributed by atoms with E-state index < -0.39 is 0 Å². The van der Waals surface area contributed by atoms with E-state index in [1.165, 1.54) is 11.1 Å². The lowest BCUT2D eigenvalue weighted by atomic mass is 9.90. The van der Waals surface area contributed by atoms with Gasteiger partial charge in [0.2, 0.25) is 0 Å². The van der Waals surface area contributed by atoms with E-state index in [1.807, 2.05) is 6.07 Å². The molecule has 19 heavy (non-hydrogen) atoms. The third-order valence-corrected chi connectivity index (χ3v) is 3.93. The summed E-state index contributed by atoms with van der Waals surface area (Å²) in [4.78, 5) is 11.6. The zero-order valence-corrected chi connectivity index (χ0v) is 12.4. The van der Waals surface area contributed by atoms with Gasteiger partial charge in [0.05, 0.1) is 0 Å². The minimum absolute atomic E-state index is 0.258. The fraction of sp³-hybridized carbons (Fsp3) is 0.471. The Kier molecular flexibility index (Phi) is 3.79. The Labute approximate surface area is 114 Å².